The number of nitrogens with zero attached hydrogens (tertiary/aromatic N) is 3. The van der Waals surface area contributed by atoms with Crippen molar-refractivity contribution in [2.45, 2.75) is 6.92 Å². The van der Waals surface area contributed by atoms with Crippen LogP contribution in [0, 0.1) is 6.92 Å². The molecule has 0 aliphatic rings. The maximum Gasteiger partial charge on any atom is 0.269 e. The van der Waals surface area contributed by atoms with Crippen molar-refractivity contribution in [3.05, 3.63) is 60.0 Å². The van der Waals surface area contributed by atoms with Gasteiger partial charge in [0.25, 0.3) is 5.91 Å². The van der Waals surface area contributed by atoms with Crippen LogP contribution >= 0.6 is 0 Å². The molecule has 1 amide bonds. The molecule has 128 valence electrons. The Balaban J connectivity index is 2.10. The number of primary amides is 1. The van der Waals surface area contributed by atoms with Gasteiger partial charge >= 0.3 is 0 Å². The van der Waals surface area contributed by atoms with Crippen LogP contribution in [0.3, 0.4) is 0 Å². The number of fused-ring (bicyclic) bond motifs is 1. The van der Waals surface area contributed by atoms with Crippen LogP contribution < -0.4 is 11.5 Å². The van der Waals surface area contributed by atoms with Crippen LogP contribution in [-0.4, -0.2) is 26.1 Å². The number of nitrogens with one attached hydrogen (secondary N) is 1. The molecule has 0 aliphatic carbocycles. The summed E-state index contributed by atoms with van der Waals surface area (Å²) in [5.74, 6) is -0.680. The Hall–Kier alpha value is -3.74. The second kappa shape index (κ2) is 5.96. The Morgan fingerprint density at radius 1 is 1.15 bits per heavy atom. The van der Waals surface area contributed by atoms with Gasteiger partial charge in [-0.3, -0.25) is 14.9 Å². The number of nitrogen functional groups attached to an aromatic ring is 1. The van der Waals surface area contributed by atoms with Gasteiger partial charge in [0, 0.05) is 17.1 Å². The van der Waals surface area contributed by atoms with E-state index in [1.54, 1.807) is 12.4 Å². The molecule has 0 fully saturated rings. The number of carbonyl (C=O) groups is 1. The van der Waals surface area contributed by atoms with Crippen molar-refractivity contribution in [2.24, 2.45) is 5.73 Å². The average Bonchev–Trinajstić information content (AvgIpc) is 3.12. The maximum absolute atomic E-state index is 12.0. The third-order valence-electron chi connectivity index (χ3n) is 4.37. The summed E-state index contributed by atoms with van der Waals surface area (Å²) in [6.45, 7) is 1.91. The number of nitrogens with two attached hydrogens (primary N) is 2. The Morgan fingerprint density at radius 3 is 2.73 bits per heavy atom. The Bertz CT molecular complexity index is 1130. The lowest BCUT2D eigenvalue weighted by Crippen LogP contribution is -2.18. The fourth-order valence-electron chi connectivity index (χ4n) is 3.17. The minimum absolute atomic E-state index is 0.0340. The Morgan fingerprint density at radius 2 is 2.00 bits per heavy atom. The highest BCUT2D eigenvalue weighted by Gasteiger charge is 2.22. The van der Waals surface area contributed by atoms with Crippen molar-refractivity contribution in [2.75, 3.05) is 5.73 Å². The summed E-state index contributed by atoms with van der Waals surface area (Å²) in [5.41, 5.74) is 16.6. The van der Waals surface area contributed by atoms with E-state index in [0.29, 0.717) is 17.0 Å². The van der Waals surface area contributed by atoms with Gasteiger partial charge in [0.1, 0.15) is 0 Å². The van der Waals surface area contributed by atoms with Gasteiger partial charge in [0.05, 0.1) is 28.8 Å². The topological polar surface area (TPSA) is 124 Å². The molecule has 1 aromatic carbocycles. The molecule has 26 heavy (non-hydrogen) atoms. The summed E-state index contributed by atoms with van der Waals surface area (Å²) < 4.78 is 0. The number of rotatable bonds is 3. The molecule has 0 radical (unpaired) electrons. The van der Waals surface area contributed by atoms with E-state index in [1.807, 2.05) is 43.3 Å². The van der Waals surface area contributed by atoms with Crippen molar-refractivity contribution in [1.82, 2.24) is 20.2 Å². The fourth-order valence-corrected chi connectivity index (χ4v) is 3.17. The van der Waals surface area contributed by atoms with E-state index < -0.39 is 5.91 Å². The van der Waals surface area contributed by atoms with Crippen LogP contribution in [0.15, 0.2) is 48.8 Å². The van der Waals surface area contributed by atoms with Crippen molar-refractivity contribution >= 4 is 22.5 Å². The Labute approximate surface area is 149 Å². The zero-order valence-electron chi connectivity index (χ0n) is 14.0. The van der Waals surface area contributed by atoms with Crippen LogP contribution in [0.5, 0.6) is 0 Å². The number of H-pyrrole nitrogens is 1. The molecule has 3 aromatic heterocycles. The number of pyridine rings is 2. The number of aromatic nitrogens is 4. The minimum atomic E-state index is -0.680. The SMILES string of the molecule is Cc1c(-c2ccccn2)nc(C(N)=O)c(N)c1-c1cccc2[nH]ncc12. The fraction of sp³-hybridized carbons (Fsp3) is 0.0526. The van der Waals surface area contributed by atoms with Gasteiger partial charge in [0.2, 0.25) is 0 Å². The molecule has 0 unspecified atom stereocenters. The first-order valence-corrected chi connectivity index (χ1v) is 8.01. The van der Waals surface area contributed by atoms with Crippen LogP contribution in [0.2, 0.25) is 0 Å². The van der Waals surface area contributed by atoms with Crippen LogP contribution in [-0.2, 0) is 0 Å². The van der Waals surface area contributed by atoms with E-state index in [0.717, 1.165) is 22.0 Å². The molecule has 0 saturated carbocycles. The van der Waals surface area contributed by atoms with Crippen molar-refractivity contribution in [1.29, 1.82) is 0 Å². The van der Waals surface area contributed by atoms with E-state index in [-0.39, 0.29) is 11.4 Å². The molecule has 7 nitrogen and oxygen atoms in total. The van der Waals surface area contributed by atoms with E-state index >= 15 is 0 Å². The summed E-state index contributed by atoms with van der Waals surface area (Å²) in [5, 5.41) is 7.94. The second-order valence-corrected chi connectivity index (χ2v) is 5.94. The smallest absolute Gasteiger partial charge is 0.269 e. The molecule has 5 N–H and O–H groups in total. The highest BCUT2D eigenvalue weighted by molar-refractivity contribution is 6.05. The van der Waals surface area contributed by atoms with Crippen molar-refractivity contribution < 1.29 is 4.79 Å². The van der Waals surface area contributed by atoms with Crippen molar-refractivity contribution in [3.8, 4) is 22.5 Å². The molecule has 0 aliphatic heterocycles. The van der Waals surface area contributed by atoms with Crippen LogP contribution in [0.4, 0.5) is 5.69 Å². The normalized spacial score (nSPS) is 11.0. The summed E-state index contributed by atoms with van der Waals surface area (Å²) >= 11 is 0. The number of amides is 1. The molecule has 3 heterocycles. The Kier molecular flexibility index (Phi) is 3.62. The average molecular weight is 344 g/mol. The summed E-state index contributed by atoms with van der Waals surface area (Å²) in [6.07, 6.45) is 3.40. The monoisotopic (exact) mass is 344 g/mol. The molecule has 7 heteroatoms. The van der Waals surface area contributed by atoms with Crippen LogP contribution in [0.25, 0.3) is 33.4 Å². The predicted molar refractivity (Wildman–Crippen MR) is 100 cm³/mol. The number of hydrogen-bond acceptors (Lipinski definition) is 5. The second-order valence-electron chi connectivity index (χ2n) is 5.94. The molecular weight excluding hydrogens is 328 g/mol. The zero-order valence-corrected chi connectivity index (χ0v) is 14.0. The van der Waals surface area contributed by atoms with Gasteiger partial charge in [-0.2, -0.15) is 5.10 Å². The molecule has 4 aromatic rings. The molecule has 4 rings (SSSR count). The summed E-state index contributed by atoms with van der Waals surface area (Å²) in [7, 11) is 0. The highest BCUT2D eigenvalue weighted by Crippen LogP contribution is 2.38. The number of anilines is 1. The summed E-state index contributed by atoms with van der Waals surface area (Å²) in [4.78, 5) is 20.7. The van der Waals surface area contributed by atoms with Gasteiger partial charge in [0.15, 0.2) is 5.69 Å². The predicted octanol–water partition coefficient (Wildman–Crippen LogP) is 2.68. The van der Waals surface area contributed by atoms with E-state index in [1.165, 1.54) is 0 Å². The third kappa shape index (κ3) is 2.37. The van der Waals surface area contributed by atoms with Gasteiger partial charge in [-0.05, 0) is 36.2 Å². The van der Waals surface area contributed by atoms with Gasteiger partial charge < -0.3 is 11.5 Å². The number of carbonyl (C=O) groups excluding carboxylic acids is 1. The number of benzene rings is 1. The largest absolute Gasteiger partial charge is 0.396 e. The molecule has 0 bridgehead atoms. The molecule has 0 spiro atoms. The highest BCUT2D eigenvalue weighted by atomic mass is 16.1. The van der Waals surface area contributed by atoms with E-state index in [4.69, 9.17) is 11.5 Å². The first kappa shape index (κ1) is 15.8. The zero-order chi connectivity index (χ0) is 18.3. The third-order valence-corrected chi connectivity index (χ3v) is 4.37. The van der Waals surface area contributed by atoms with Crippen LogP contribution in [0.1, 0.15) is 16.1 Å². The lowest BCUT2D eigenvalue weighted by molar-refractivity contribution is 0.0996. The van der Waals surface area contributed by atoms with Crippen molar-refractivity contribution in [3.63, 3.8) is 0 Å². The van der Waals surface area contributed by atoms with E-state index in [9.17, 15) is 4.79 Å². The molecule has 0 atom stereocenters. The summed E-state index contributed by atoms with van der Waals surface area (Å²) in [6, 6.07) is 11.3. The number of hydrogen-bond donors (Lipinski definition) is 3. The quantitative estimate of drug-likeness (QED) is 0.527. The maximum atomic E-state index is 12.0. The lowest BCUT2D eigenvalue weighted by Gasteiger charge is -2.16. The first-order valence-electron chi connectivity index (χ1n) is 8.01. The first-order chi connectivity index (χ1) is 12.6. The lowest BCUT2D eigenvalue weighted by atomic mass is 9.93. The van der Waals surface area contributed by atoms with Gasteiger partial charge in [-0.15, -0.1) is 0 Å². The van der Waals surface area contributed by atoms with Gasteiger partial charge in [-0.25, -0.2) is 4.98 Å². The van der Waals surface area contributed by atoms with Gasteiger partial charge in [-0.1, -0.05) is 18.2 Å². The molecule has 0 saturated heterocycles. The minimum Gasteiger partial charge on any atom is -0.396 e. The number of aromatic amines is 1. The standard InChI is InChI=1S/C19H16N6O/c1-10-15(11-5-4-7-13-12(11)9-23-25-13)16(20)18(19(21)26)24-17(10)14-6-2-3-8-22-14/h2-9H,20H2,1H3,(H2,21,26)(H,23,25). The molecular formula is C19H16N6O. The van der Waals surface area contributed by atoms with E-state index in [2.05, 4.69) is 20.2 Å².